The maximum absolute atomic E-state index is 13.9. The smallest absolute Gasteiger partial charge is 0.409 e. The summed E-state index contributed by atoms with van der Waals surface area (Å²) >= 11 is 8.15. The summed E-state index contributed by atoms with van der Waals surface area (Å²) in [6, 6.07) is 2.04. The van der Waals surface area contributed by atoms with Crippen LogP contribution in [0.2, 0.25) is 0 Å². The Morgan fingerprint density at radius 3 is 2.59 bits per heavy atom. The van der Waals surface area contributed by atoms with Gasteiger partial charge in [0.15, 0.2) is 11.4 Å². The number of aryl methyl sites for hydroxylation is 1. The normalized spacial score (nSPS) is 19.9. The Hall–Kier alpha value is -2.99. The molecule has 4 rings (SSSR count). The van der Waals surface area contributed by atoms with E-state index in [0.29, 0.717) is 28.7 Å². The van der Waals surface area contributed by atoms with Crippen molar-refractivity contribution in [3.63, 3.8) is 0 Å². The van der Waals surface area contributed by atoms with Gasteiger partial charge in [-0.1, -0.05) is 17.7 Å². The van der Waals surface area contributed by atoms with Crippen LogP contribution < -0.4 is 10.1 Å². The average molecular weight is 614 g/mol. The Morgan fingerprint density at radius 1 is 1.35 bits per heavy atom. The molecule has 2 atom stereocenters. The molecule has 1 saturated carbocycles. The van der Waals surface area contributed by atoms with Crippen LogP contribution in [-0.4, -0.2) is 42.2 Å². The van der Waals surface area contributed by atoms with Gasteiger partial charge in [0.25, 0.3) is 11.0 Å². The van der Waals surface area contributed by atoms with Gasteiger partial charge in [0.1, 0.15) is 5.54 Å². The molecule has 0 aromatic carbocycles. The standard InChI is InChI=1S/C21H16BrClF6N6O2/c1-34-17(14(20(25,26)27)16(33-34)37-21(28,29)18(22)24)35-8-11(7-31-35)10-2-3-13(23)12(6-10)15(36)32-19(9-30)4-5-19/h2-3,7-8,12,18H,4-6H2,1H3,(H,32,36). The number of aromatic nitrogens is 4. The number of carbonyl (C=O) groups excluding carboxylic acids is 1. The summed E-state index contributed by atoms with van der Waals surface area (Å²) in [4.78, 5) is 12.7. The van der Waals surface area contributed by atoms with E-state index in [0.717, 1.165) is 11.7 Å². The van der Waals surface area contributed by atoms with E-state index in [-0.39, 0.29) is 11.5 Å². The first-order valence-corrected chi connectivity index (χ1v) is 11.8. The Morgan fingerprint density at radius 2 is 2.03 bits per heavy atom. The molecule has 0 aliphatic heterocycles. The van der Waals surface area contributed by atoms with Gasteiger partial charge in [-0.25, -0.2) is 13.8 Å². The SMILES string of the molecule is Cn1nc(OC(F)(F)C(F)Br)c(C(F)(F)F)c1-n1cc(C2=CC=C(Cl)C(C(=O)NC3(C#N)CC3)C2)cn1. The first kappa shape index (κ1) is 27.1. The van der Waals surface area contributed by atoms with Crippen LogP contribution in [0, 0.1) is 17.2 Å². The zero-order valence-electron chi connectivity index (χ0n) is 18.7. The molecule has 1 fully saturated rings. The molecule has 16 heteroatoms. The second kappa shape index (κ2) is 9.39. The highest BCUT2D eigenvalue weighted by Crippen LogP contribution is 2.43. The lowest BCUT2D eigenvalue weighted by Gasteiger charge is -2.22. The number of rotatable bonds is 7. The monoisotopic (exact) mass is 612 g/mol. The number of hydrogen-bond donors (Lipinski definition) is 1. The van der Waals surface area contributed by atoms with Gasteiger partial charge in [-0.05, 0) is 46.8 Å². The maximum atomic E-state index is 13.9. The highest BCUT2D eigenvalue weighted by atomic mass is 79.9. The van der Waals surface area contributed by atoms with Crippen molar-refractivity contribution < 1.29 is 35.9 Å². The van der Waals surface area contributed by atoms with Crippen LogP contribution in [0.1, 0.15) is 30.4 Å². The molecule has 37 heavy (non-hydrogen) atoms. The summed E-state index contributed by atoms with van der Waals surface area (Å²) in [7, 11) is 1.05. The number of nitrogens with one attached hydrogen (secondary N) is 1. The molecule has 8 nitrogen and oxygen atoms in total. The molecule has 2 unspecified atom stereocenters. The zero-order chi connectivity index (χ0) is 27.3. The third-order valence-electron chi connectivity index (χ3n) is 5.77. The number of hydrogen-bond acceptors (Lipinski definition) is 5. The van der Waals surface area contributed by atoms with Crippen molar-refractivity contribution in [2.24, 2.45) is 13.0 Å². The molecule has 2 aliphatic carbocycles. The van der Waals surface area contributed by atoms with E-state index in [1.807, 2.05) is 22.0 Å². The average Bonchev–Trinajstić information content (AvgIpc) is 3.25. The van der Waals surface area contributed by atoms with Crippen LogP contribution in [0.3, 0.4) is 0 Å². The van der Waals surface area contributed by atoms with E-state index in [1.54, 1.807) is 6.08 Å². The molecule has 2 aromatic heterocycles. The Balaban J connectivity index is 1.64. The zero-order valence-corrected chi connectivity index (χ0v) is 21.0. The summed E-state index contributed by atoms with van der Waals surface area (Å²) in [5.74, 6) is -3.61. The highest BCUT2D eigenvalue weighted by Gasteiger charge is 2.49. The number of amides is 1. The van der Waals surface area contributed by atoms with Crippen molar-refractivity contribution in [1.82, 2.24) is 24.9 Å². The van der Waals surface area contributed by atoms with Crippen LogP contribution in [0.25, 0.3) is 11.4 Å². The second-order valence-electron chi connectivity index (χ2n) is 8.45. The molecule has 2 aromatic rings. The van der Waals surface area contributed by atoms with E-state index < -0.39 is 52.0 Å². The fraction of sp³-hybridized carbons (Fsp3) is 0.429. The van der Waals surface area contributed by atoms with Crippen LogP contribution in [0.5, 0.6) is 5.88 Å². The van der Waals surface area contributed by atoms with Crippen molar-refractivity contribution in [2.45, 2.75) is 42.2 Å². The van der Waals surface area contributed by atoms with Crippen molar-refractivity contribution >= 4 is 39.0 Å². The van der Waals surface area contributed by atoms with E-state index in [4.69, 9.17) is 11.6 Å². The number of alkyl halides is 7. The minimum absolute atomic E-state index is 0.0651. The minimum atomic E-state index is -5.22. The van der Waals surface area contributed by atoms with Crippen molar-refractivity contribution in [3.8, 4) is 17.8 Å². The second-order valence-corrected chi connectivity index (χ2v) is 9.69. The number of halogens is 8. The largest absolute Gasteiger partial charge is 0.441 e. The fourth-order valence-electron chi connectivity index (χ4n) is 3.68. The number of carbonyl (C=O) groups is 1. The molecule has 2 aliphatic rings. The summed E-state index contributed by atoms with van der Waals surface area (Å²) < 4.78 is 87.5. The summed E-state index contributed by atoms with van der Waals surface area (Å²) in [6.07, 6.45) is -3.34. The summed E-state index contributed by atoms with van der Waals surface area (Å²) in [6.45, 7) is 0. The third-order valence-corrected chi connectivity index (χ3v) is 6.69. The van der Waals surface area contributed by atoms with Crippen molar-refractivity contribution in [1.29, 1.82) is 5.26 Å². The molecular weight excluding hydrogens is 598 g/mol. The Bertz CT molecular complexity index is 1340. The molecule has 1 amide bonds. The lowest BCUT2D eigenvalue weighted by Crippen LogP contribution is -2.40. The number of nitriles is 1. The first-order valence-electron chi connectivity index (χ1n) is 10.5. The molecule has 1 N–H and O–H groups in total. The Kier molecular flexibility index (Phi) is 6.87. The van der Waals surface area contributed by atoms with Gasteiger partial charge in [-0.3, -0.25) is 4.79 Å². The third kappa shape index (κ3) is 5.35. The predicted molar refractivity (Wildman–Crippen MR) is 120 cm³/mol. The first-order chi connectivity index (χ1) is 17.2. The molecule has 198 valence electrons. The molecule has 2 heterocycles. The quantitative estimate of drug-likeness (QED) is 0.351. The summed E-state index contributed by atoms with van der Waals surface area (Å²) in [5, 5.41) is 16.3. The van der Waals surface area contributed by atoms with E-state index in [1.165, 1.54) is 18.5 Å². The number of allylic oxidation sites excluding steroid dienone is 3. The van der Waals surface area contributed by atoms with Crippen LogP contribution in [0.4, 0.5) is 26.3 Å². The molecule has 0 saturated heterocycles. The van der Waals surface area contributed by atoms with Crippen LogP contribution in [-0.2, 0) is 18.0 Å². The van der Waals surface area contributed by atoms with E-state index in [2.05, 4.69) is 20.3 Å². The Labute approximate surface area is 218 Å². The molecule has 0 bridgehead atoms. The molecule has 0 spiro atoms. The minimum Gasteiger partial charge on any atom is -0.409 e. The van der Waals surface area contributed by atoms with Gasteiger partial charge in [0, 0.05) is 23.8 Å². The number of ether oxygens (including phenoxy) is 1. The molecular formula is C21H16BrClF6N6O2. The van der Waals surface area contributed by atoms with Gasteiger partial charge in [0.2, 0.25) is 5.91 Å². The number of nitrogens with zero attached hydrogens (tertiary/aromatic N) is 5. The predicted octanol–water partition coefficient (Wildman–Crippen LogP) is 4.99. The fourth-order valence-corrected chi connectivity index (χ4v) is 4.01. The van der Waals surface area contributed by atoms with Crippen LogP contribution in [0.15, 0.2) is 29.6 Å². The topological polar surface area (TPSA) is 97.8 Å². The lowest BCUT2D eigenvalue weighted by atomic mass is 9.90. The van der Waals surface area contributed by atoms with Gasteiger partial charge < -0.3 is 10.1 Å². The molecule has 0 radical (unpaired) electrons. The van der Waals surface area contributed by atoms with Crippen molar-refractivity contribution in [2.75, 3.05) is 0 Å². The highest BCUT2D eigenvalue weighted by molar-refractivity contribution is 9.09. The lowest BCUT2D eigenvalue weighted by molar-refractivity contribution is -0.201. The van der Waals surface area contributed by atoms with Gasteiger partial charge in [0.05, 0.1) is 18.2 Å². The summed E-state index contributed by atoms with van der Waals surface area (Å²) in [5.41, 5.74) is -1.80. The van der Waals surface area contributed by atoms with Gasteiger partial charge in [-0.15, -0.1) is 5.10 Å². The van der Waals surface area contributed by atoms with Gasteiger partial charge >= 0.3 is 12.3 Å². The van der Waals surface area contributed by atoms with E-state index in [9.17, 15) is 36.4 Å². The van der Waals surface area contributed by atoms with E-state index >= 15 is 0 Å². The van der Waals surface area contributed by atoms with Crippen molar-refractivity contribution in [3.05, 3.63) is 40.7 Å². The van der Waals surface area contributed by atoms with Crippen LogP contribution >= 0.6 is 27.5 Å². The van der Waals surface area contributed by atoms with Gasteiger partial charge in [-0.2, -0.15) is 32.3 Å². The maximum Gasteiger partial charge on any atom is 0.441 e.